The van der Waals surface area contributed by atoms with Crippen molar-refractivity contribution >= 4 is 39.1 Å². The minimum absolute atomic E-state index is 0.0145. The number of rotatable bonds is 7. The molecule has 2 aromatic rings. The quantitative estimate of drug-likeness (QED) is 0.678. The van der Waals surface area contributed by atoms with Crippen LogP contribution in [-0.2, 0) is 15.4 Å². The summed E-state index contributed by atoms with van der Waals surface area (Å²) in [6, 6.07) is 12.3. The Morgan fingerprint density at radius 2 is 1.75 bits per heavy atom. The molecular formula is C20H22Cl2N2O3S. The van der Waals surface area contributed by atoms with Gasteiger partial charge in [0.05, 0.1) is 15.6 Å². The van der Waals surface area contributed by atoms with Gasteiger partial charge in [0.15, 0.2) is 0 Å². The second-order valence-electron chi connectivity index (χ2n) is 7.59. The van der Waals surface area contributed by atoms with Gasteiger partial charge in [0.25, 0.3) is 5.91 Å². The lowest BCUT2D eigenvalue weighted by molar-refractivity contribution is 0.0945. The van der Waals surface area contributed by atoms with Crippen molar-refractivity contribution in [2.45, 2.75) is 43.0 Å². The zero-order valence-corrected chi connectivity index (χ0v) is 18.0. The number of halogens is 2. The molecule has 0 heterocycles. The van der Waals surface area contributed by atoms with Crippen molar-refractivity contribution in [2.24, 2.45) is 0 Å². The molecule has 2 N–H and O–H groups in total. The van der Waals surface area contributed by atoms with Crippen LogP contribution >= 0.6 is 23.2 Å². The highest BCUT2D eigenvalue weighted by Crippen LogP contribution is 2.31. The van der Waals surface area contributed by atoms with Gasteiger partial charge in [0.2, 0.25) is 10.0 Å². The molecule has 1 saturated carbocycles. The first-order valence-electron chi connectivity index (χ1n) is 8.95. The first-order valence-corrected chi connectivity index (χ1v) is 11.2. The molecule has 0 aromatic heterocycles. The normalized spacial score (nSPS) is 14.7. The van der Waals surface area contributed by atoms with Gasteiger partial charge in [0.1, 0.15) is 4.90 Å². The van der Waals surface area contributed by atoms with Gasteiger partial charge in [-0.2, -0.15) is 0 Å². The summed E-state index contributed by atoms with van der Waals surface area (Å²) in [5.41, 5.74) is 0.846. The van der Waals surface area contributed by atoms with Gasteiger partial charge >= 0.3 is 0 Å². The molecule has 0 saturated heterocycles. The van der Waals surface area contributed by atoms with Crippen LogP contribution in [0.5, 0.6) is 0 Å². The van der Waals surface area contributed by atoms with E-state index >= 15 is 0 Å². The molecule has 5 nitrogen and oxygen atoms in total. The van der Waals surface area contributed by atoms with E-state index in [1.54, 1.807) is 0 Å². The molecule has 3 rings (SSSR count). The highest BCUT2D eigenvalue weighted by molar-refractivity contribution is 7.89. The summed E-state index contributed by atoms with van der Waals surface area (Å²) in [4.78, 5) is 12.6. The summed E-state index contributed by atoms with van der Waals surface area (Å²) in [6.45, 7) is 4.39. The maximum absolute atomic E-state index is 12.7. The van der Waals surface area contributed by atoms with Crippen LogP contribution in [0.15, 0.2) is 47.4 Å². The molecule has 1 amide bonds. The van der Waals surface area contributed by atoms with Crippen LogP contribution in [0.2, 0.25) is 10.0 Å². The van der Waals surface area contributed by atoms with E-state index in [1.807, 2.05) is 44.2 Å². The number of carbonyl (C=O) groups is 1. The number of hydrogen-bond acceptors (Lipinski definition) is 3. The Hall–Kier alpha value is -1.60. The molecule has 2 aromatic carbocycles. The second-order valence-corrected chi connectivity index (χ2v) is 10.1. The average Bonchev–Trinajstić information content (AvgIpc) is 3.43. The van der Waals surface area contributed by atoms with E-state index in [-0.39, 0.29) is 32.0 Å². The van der Waals surface area contributed by atoms with Gasteiger partial charge in [-0.1, -0.05) is 67.4 Å². The molecule has 1 fully saturated rings. The first kappa shape index (κ1) is 21.1. The predicted octanol–water partition coefficient (Wildman–Crippen LogP) is 4.14. The maximum atomic E-state index is 12.7. The van der Waals surface area contributed by atoms with Crippen molar-refractivity contribution in [1.82, 2.24) is 10.0 Å². The SMILES string of the molecule is CC(C)(CNC(=O)c1cc(S(=O)(=O)NC2CC2)c(Cl)cc1Cl)c1ccccc1. The Labute approximate surface area is 175 Å². The molecular weight excluding hydrogens is 419 g/mol. The summed E-state index contributed by atoms with van der Waals surface area (Å²) in [7, 11) is -3.81. The number of nitrogens with one attached hydrogen (secondary N) is 2. The Morgan fingerprint density at radius 3 is 2.36 bits per heavy atom. The van der Waals surface area contributed by atoms with Crippen LogP contribution in [0.4, 0.5) is 0 Å². The van der Waals surface area contributed by atoms with Crippen molar-refractivity contribution in [1.29, 1.82) is 0 Å². The Morgan fingerprint density at radius 1 is 1.11 bits per heavy atom. The fourth-order valence-electron chi connectivity index (χ4n) is 2.78. The van der Waals surface area contributed by atoms with Crippen LogP contribution in [0.25, 0.3) is 0 Å². The smallest absolute Gasteiger partial charge is 0.252 e. The van der Waals surface area contributed by atoms with Gasteiger partial charge in [0, 0.05) is 18.0 Å². The molecule has 0 radical (unpaired) electrons. The summed E-state index contributed by atoms with van der Waals surface area (Å²) in [5, 5.41) is 2.94. The summed E-state index contributed by atoms with van der Waals surface area (Å²) in [6.07, 6.45) is 1.60. The molecule has 28 heavy (non-hydrogen) atoms. The van der Waals surface area contributed by atoms with E-state index in [9.17, 15) is 13.2 Å². The van der Waals surface area contributed by atoms with E-state index in [4.69, 9.17) is 23.2 Å². The van der Waals surface area contributed by atoms with E-state index in [1.165, 1.54) is 12.1 Å². The topological polar surface area (TPSA) is 75.3 Å². The number of amides is 1. The molecule has 0 unspecified atom stereocenters. The summed E-state index contributed by atoms with van der Waals surface area (Å²) >= 11 is 12.3. The van der Waals surface area contributed by atoms with Gasteiger partial charge in [-0.05, 0) is 30.5 Å². The molecule has 0 aliphatic heterocycles. The summed E-state index contributed by atoms with van der Waals surface area (Å²) < 4.78 is 27.6. The second kappa shape index (κ2) is 8.03. The van der Waals surface area contributed by atoms with E-state index in [2.05, 4.69) is 10.0 Å². The lowest BCUT2D eigenvalue weighted by atomic mass is 9.84. The molecule has 1 aliphatic carbocycles. The predicted molar refractivity (Wildman–Crippen MR) is 112 cm³/mol. The molecule has 8 heteroatoms. The minimum atomic E-state index is -3.81. The average molecular weight is 441 g/mol. The number of carbonyl (C=O) groups excluding carboxylic acids is 1. The third-order valence-electron chi connectivity index (χ3n) is 4.70. The molecule has 0 bridgehead atoms. The van der Waals surface area contributed by atoms with Gasteiger partial charge in [-0.25, -0.2) is 13.1 Å². The lowest BCUT2D eigenvalue weighted by Gasteiger charge is -2.25. The maximum Gasteiger partial charge on any atom is 0.252 e. The molecule has 0 spiro atoms. The van der Waals surface area contributed by atoms with Gasteiger partial charge in [-0.3, -0.25) is 4.79 Å². The minimum Gasteiger partial charge on any atom is -0.351 e. The van der Waals surface area contributed by atoms with Crippen molar-refractivity contribution < 1.29 is 13.2 Å². The zero-order valence-electron chi connectivity index (χ0n) is 15.6. The Kier molecular flexibility index (Phi) is 6.05. The third-order valence-corrected chi connectivity index (χ3v) is 7.00. The largest absolute Gasteiger partial charge is 0.351 e. The first-order chi connectivity index (χ1) is 13.1. The highest BCUT2D eigenvalue weighted by Gasteiger charge is 2.30. The fraction of sp³-hybridized carbons (Fsp3) is 0.350. The Bertz CT molecular complexity index is 988. The highest BCUT2D eigenvalue weighted by atomic mass is 35.5. The number of benzene rings is 2. The van der Waals surface area contributed by atoms with Crippen LogP contribution in [-0.4, -0.2) is 26.9 Å². The van der Waals surface area contributed by atoms with Crippen molar-refractivity contribution in [3.8, 4) is 0 Å². The van der Waals surface area contributed by atoms with Crippen molar-refractivity contribution in [3.05, 3.63) is 63.6 Å². The van der Waals surface area contributed by atoms with Crippen LogP contribution in [0.1, 0.15) is 42.6 Å². The van der Waals surface area contributed by atoms with Crippen LogP contribution in [0, 0.1) is 0 Å². The molecule has 150 valence electrons. The van der Waals surface area contributed by atoms with Gasteiger partial charge < -0.3 is 5.32 Å². The third kappa shape index (κ3) is 4.87. The molecule has 1 aliphatic rings. The van der Waals surface area contributed by atoms with Crippen molar-refractivity contribution in [2.75, 3.05) is 6.54 Å². The monoisotopic (exact) mass is 440 g/mol. The van der Waals surface area contributed by atoms with Crippen LogP contribution in [0.3, 0.4) is 0 Å². The van der Waals surface area contributed by atoms with E-state index < -0.39 is 15.9 Å². The summed E-state index contributed by atoms with van der Waals surface area (Å²) in [5.74, 6) is -0.450. The van der Waals surface area contributed by atoms with Crippen molar-refractivity contribution in [3.63, 3.8) is 0 Å². The molecule has 0 atom stereocenters. The number of sulfonamides is 1. The fourth-order valence-corrected chi connectivity index (χ4v) is 4.94. The number of hydrogen-bond donors (Lipinski definition) is 2. The van der Waals surface area contributed by atoms with Gasteiger partial charge in [-0.15, -0.1) is 0 Å². The van der Waals surface area contributed by atoms with E-state index in [0.29, 0.717) is 6.54 Å². The standard InChI is InChI=1S/C20H22Cl2N2O3S/c1-20(2,13-6-4-3-5-7-13)12-23-19(25)15-10-18(17(22)11-16(15)21)28(26,27)24-14-8-9-14/h3-7,10-11,14,24H,8-9,12H2,1-2H3,(H,23,25). The van der Waals surface area contributed by atoms with Crippen LogP contribution < -0.4 is 10.0 Å². The lowest BCUT2D eigenvalue weighted by Crippen LogP contribution is -2.37. The Balaban J connectivity index is 1.80. The van der Waals surface area contributed by atoms with E-state index in [0.717, 1.165) is 18.4 Å². The zero-order chi connectivity index (χ0) is 20.5.